The lowest BCUT2D eigenvalue weighted by atomic mass is 9.88. The topological polar surface area (TPSA) is 85.0 Å². The number of ketones is 1. The summed E-state index contributed by atoms with van der Waals surface area (Å²) in [5, 5.41) is 0. The van der Waals surface area contributed by atoms with E-state index in [1.54, 1.807) is 4.90 Å². The maximum absolute atomic E-state index is 13.4. The molecule has 3 rings (SSSR count). The standard InChI is InChI=1S/C16H25N3O3.C15H20F4/c1-10(20)7-18-14-6-4-5-13(14)15(17)16(21)19-8-11(2)22-12(3)9-19;1-3-5-7-11(6-4-2)12-8-13(15(17,18)19)10-14(16)9-12/h11-12H,4-9,17H2,1-3H3;8-11H,3-7H2,1-2H3/b15-13-,18-14?;/t11-,12+;. The fourth-order valence-corrected chi connectivity index (χ4v) is 5.33. The molecule has 0 radical (unpaired) electrons. The van der Waals surface area contributed by atoms with Crippen molar-refractivity contribution < 1.29 is 31.9 Å². The first kappa shape index (κ1) is 34.5. The Morgan fingerprint density at radius 2 is 1.73 bits per heavy atom. The van der Waals surface area contributed by atoms with Crippen molar-refractivity contribution >= 4 is 17.4 Å². The van der Waals surface area contributed by atoms with Crippen LogP contribution in [0.1, 0.15) is 103 Å². The summed E-state index contributed by atoms with van der Waals surface area (Å²) >= 11 is 0. The zero-order valence-corrected chi connectivity index (χ0v) is 25.0. The lowest BCUT2D eigenvalue weighted by molar-refractivity contribution is -0.139. The van der Waals surface area contributed by atoms with Gasteiger partial charge in [-0.15, -0.1) is 0 Å². The molecule has 0 bridgehead atoms. The van der Waals surface area contributed by atoms with Gasteiger partial charge < -0.3 is 15.4 Å². The van der Waals surface area contributed by atoms with Gasteiger partial charge in [0.15, 0.2) is 5.78 Å². The molecule has 3 atom stereocenters. The third-order valence-electron chi connectivity index (χ3n) is 7.21. The highest BCUT2D eigenvalue weighted by Gasteiger charge is 2.32. The van der Waals surface area contributed by atoms with Gasteiger partial charge in [0.05, 0.1) is 24.3 Å². The molecule has 41 heavy (non-hydrogen) atoms. The third-order valence-corrected chi connectivity index (χ3v) is 7.21. The number of halogens is 4. The number of amides is 1. The Balaban J connectivity index is 0.000000290. The molecule has 0 spiro atoms. The quantitative estimate of drug-likeness (QED) is 0.251. The summed E-state index contributed by atoms with van der Waals surface area (Å²) in [7, 11) is 0. The predicted octanol–water partition coefficient (Wildman–Crippen LogP) is 6.97. The number of carbonyl (C=O) groups excluding carboxylic acids is 2. The van der Waals surface area contributed by atoms with Gasteiger partial charge in [-0.2, -0.15) is 13.2 Å². The van der Waals surface area contributed by atoms with E-state index in [9.17, 15) is 27.2 Å². The fourth-order valence-electron chi connectivity index (χ4n) is 5.33. The Bertz CT molecular complexity index is 1090. The molecule has 2 N–H and O–H groups in total. The van der Waals surface area contributed by atoms with Gasteiger partial charge in [-0.1, -0.05) is 33.1 Å². The van der Waals surface area contributed by atoms with Crippen LogP contribution in [0.3, 0.4) is 0 Å². The van der Waals surface area contributed by atoms with Crippen LogP contribution in [0.4, 0.5) is 17.6 Å². The molecule has 1 saturated heterocycles. The normalized spacial score (nSPS) is 22.3. The second-order valence-electron chi connectivity index (χ2n) is 11.1. The number of carbonyl (C=O) groups is 2. The van der Waals surface area contributed by atoms with E-state index >= 15 is 0 Å². The second-order valence-corrected chi connectivity index (χ2v) is 11.1. The molecular weight excluding hydrogens is 538 g/mol. The monoisotopic (exact) mass is 583 g/mol. The minimum Gasteiger partial charge on any atom is -0.394 e. The maximum Gasteiger partial charge on any atom is 0.416 e. The summed E-state index contributed by atoms with van der Waals surface area (Å²) in [5.41, 5.74) is 7.62. The molecule has 10 heteroatoms. The second kappa shape index (κ2) is 16.0. The van der Waals surface area contributed by atoms with Crippen molar-refractivity contribution in [2.45, 2.75) is 110 Å². The van der Waals surface area contributed by atoms with Gasteiger partial charge in [-0.25, -0.2) is 4.39 Å². The molecule has 1 aliphatic heterocycles. The van der Waals surface area contributed by atoms with Crippen LogP contribution < -0.4 is 5.73 Å². The molecule has 1 aliphatic carbocycles. The van der Waals surface area contributed by atoms with Crippen LogP contribution >= 0.6 is 0 Å². The number of ether oxygens (including phenoxy) is 1. The number of hydrogen-bond acceptors (Lipinski definition) is 5. The van der Waals surface area contributed by atoms with Crippen molar-refractivity contribution in [1.82, 2.24) is 4.90 Å². The Morgan fingerprint density at radius 1 is 1.07 bits per heavy atom. The summed E-state index contributed by atoms with van der Waals surface area (Å²) in [6, 6.07) is 2.90. The summed E-state index contributed by atoms with van der Waals surface area (Å²) in [5.74, 6) is -0.918. The number of unbranched alkanes of at least 4 members (excludes halogenated alkanes) is 1. The van der Waals surface area contributed by atoms with E-state index in [0.717, 1.165) is 68.7 Å². The van der Waals surface area contributed by atoms with Crippen LogP contribution in [0.5, 0.6) is 0 Å². The predicted molar refractivity (Wildman–Crippen MR) is 153 cm³/mol. The number of nitrogens with zero attached hydrogens (tertiary/aromatic N) is 2. The molecule has 0 aromatic heterocycles. The first-order valence-electron chi connectivity index (χ1n) is 14.6. The smallest absolute Gasteiger partial charge is 0.394 e. The summed E-state index contributed by atoms with van der Waals surface area (Å²) in [4.78, 5) is 29.8. The van der Waals surface area contributed by atoms with Gasteiger partial charge in [0.1, 0.15) is 11.5 Å². The lowest BCUT2D eigenvalue weighted by Gasteiger charge is -2.35. The first-order chi connectivity index (χ1) is 19.3. The van der Waals surface area contributed by atoms with Crippen LogP contribution in [0.15, 0.2) is 34.5 Å². The lowest BCUT2D eigenvalue weighted by Crippen LogP contribution is -2.49. The van der Waals surface area contributed by atoms with Gasteiger partial charge in [0.2, 0.25) is 0 Å². The fraction of sp³-hybridized carbons (Fsp3) is 0.645. The van der Waals surface area contributed by atoms with Crippen molar-refractivity contribution in [2.75, 3.05) is 19.6 Å². The number of benzene rings is 1. The van der Waals surface area contributed by atoms with Crippen molar-refractivity contribution in [3.8, 4) is 0 Å². The SMILES string of the molecule is CC(=O)CN=C1CCC/C1=C(/N)C(=O)N1C[C@@H](C)O[C@@H](C)C1.CCCCC(CCC)c1cc(F)cc(C(F)(F)F)c1. The Hall–Kier alpha value is -2.75. The molecule has 1 aromatic carbocycles. The highest BCUT2D eigenvalue weighted by Crippen LogP contribution is 2.34. The zero-order chi connectivity index (χ0) is 30.7. The summed E-state index contributed by atoms with van der Waals surface area (Å²) in [6.45, 7) is 10.7. The molecule has 1 saturated carbocycles. The minimum absolute atomic E-state index is 0.0134. The molecule has 2 fully saturated rings. The van der Waals surface area contributed by atoms with Gasteiger partial charge >= 0.3 is 6.18 Å². The van der Waals surface area contributed by atoms with Gasteiger partial charge in [0.25, 0.3) is 5.91 Å². The largest absolute Gasteiger partial charge is 0.416 e. The molecule has 1 aromatic rings. The van der Waals surface area contributed by atoms with Gasteiger partial charge in [-0.05, 0) is 82.6 Å². The number of Topliss-reactive ketones (excluding diaryl/α,β-unsaturated/α-hetero) is 1. The van der Waals surface area contributed by atoms with Crippen LogP contribution in [0.25, 0.3) is 0 Å². The molecule has 2 aliphatic rings. The van der Waals surface area contributed by atoms with Crippen LogP contribution in [0, 0.1) is 5.82 Å². The van der Waals surface area contributed by atoms with E-state index in [1.165, 1.54) is 13.0 Å². The third kappa shape index (κ3) is 10.9. The molecular formula is C31H45F4N3O3. The van der Waals surface area contributed by atoms with Crippen LogP contribution in [0.2, 0.25) is 0 Å². The van der Waals surface area contributed by atoms with Crippen molar-refractivity contribution in [1.29, 1.82) is 0 Å². The Kier molecular flexibility index (Phi) is 13.5. The molecule has 1 unspecified atom stereocenters. The summed E-state index contributed by atoms with van der Waals surface area (Å²) < 4.78 is 57.1. The highest BCUT2D eigenvalue weighted by atomic mass is 19.4. The molecule has 6 nitrogen and oxygen atoms in total. The number of aliphatic imine (C=N–C) groups is 1. The Morgan fingerprint density at radius 3 is 2.29 bits per heavy atom. The van der Waals surface area contributed by atoms with E-state index in [4.69, 9.17) is 10.5 Å². The number of rotatable bonds is 9. The van der Waals surface area contributed by atoms with Crippen LogP contribution in [-0.2, 0) is 20.5 Å². The van der Waals surface area contributed by atoms with Crippen molar-refractivity contribution in [2.24, 2.45) is 10.7 Å². The molecule has 1 heterocycles. The average molecular weight is 584 g/mol. The number of allylic oxidation sites excluding steroid dienone is 1. The van der Waals surface area contributed by atoms with E-state index in [1.807, 2.05) is 27.7 Å². The number of nitrogens with two attached hydrogens (primary N) is 1. The summed E-state index contributed by atoms with van der Waals surface area (Å²) in [6.07, 6.45) is 2.42. The molecule has 1 amide bonds. The maximum atomic E-state index is 13.4. The number of alkyl halides is 3. The zero-order valence-electron chi connectivity index (χ0n) is 25.0. The van der Waals surface area contributed by atoms with Crippen molar-refractivity contribution in [3.05, 3.63) is 46.4 Å². The van der Waals surface area contributed by atoms with Gasteiger partial charge in [0, 0.05) is 24.4 Å². The molecule has 230 valence electrons. The van der Waals surface area contributed by atoms with E-state index in [0.29, 0.717) is 24.7 Å². The number of hydrogen-bond donors (Lipinski definition) is 1. The van der Waals surface area contributed by atoms with Crippen molar-refractivity contribution in [3.63, 3.8) is 0 Å². The average Bonchev–Trinajstić information content (AvgIpc) is 3.36. The van der Waals surface area contributed by atoms with Crippen LogP contribution in [-0.4, -0.2) is 54.1 Å². The van der Waals surface area contributed by atoms with Gasteiger partial charge in [-0.3, -0.25) is 14.6 Å². The highest BCUT2D eigenvalue weighted by molar-refractivity contribution is 6.09. The van der Waals surface area contributed by atoms with E-state index in [2.05, 4.69) is 4.99 Å². The first-order valence-corrected chi connectivity index (χ1v) is 14.6. The van der Waals surface area contributed by atoms with E-state index in [-0.39, 0.29) is 42.1 Å². The number of morpholine rings is 1. The Labute approximate surface area is 241 Å². The van der Waals surface area contributed by atoms with E-state index < -0.39 is 17.6 Å². The minimum atomic E-state index is -4.49.